The molecular weight excluding hydrogens is 278 g/mol. The third kappa shape index (κ3) is 5.17. The number of ether oxygens (including phenoxy) is 1. The maximum Gasteiger partial charge on any atom is 0.310 e. The molecule has 0 spiro atoms. The summed E-state index contributed by atoms with van der Waals surface area (Å²) in [7, 11) is 1.37. The molecule has 0 radical (unpaired) electrons. The quantitative estimate of drug-likeness (QED) is 0.725. The zero-order valence-electron chi connectivity index (χ0n) is 14.2. The SMILES string of the molecule is COC(=O)C(C)CN(C(=O)CC(C)C)C(C)c1ccccc1. The molecule has 0 aliphatic heterocycles. The zero-order chi connectivity index (χ0) is 16.7. The number of carbonyl (C=O) groups is 2. The fourth-order valence-electron chi connectivity index (χ4n) is 2.42. The molecule has 1 aromatic carbocycles. The average molecular weight is 305 g/mol. The molecule has 2 unspecified atom stereocenters. The van der Waals surface area contributed by atoms with Gasteiger partial charge in [0.15, 0.2) is 0 Å². The van der Waals surface area contributed by atoms with Crippen molar-refractivity contribution in [3.05, 3.63) is 35.9 Å². The summed E-state index contributed by atoms with van der Waals surface area (Å²) >= 11 is 0. The fourth-order valence-corrected chi connectivity index (χ4v) is 2.42. The molecular formula is C18H27NO3. The number of carbonyl (C=O) groups excluding carboxylic acids is 2. The van der Waals surface area contributed by atoms with Gasteiger partial charge in [0.25, 0.3) is 0 Å². The molecule has 0 N–H and O–H groups in total. The topological polar surface area (TPSA) is 46.6 Å². The van der Waals surface area contributed by atoms with Gasteiger partial charge >= 0.3 is 5.97 Å². The summed E-state index contributed by atoms with van der Waals surface area (Å²) in [5, 5.41) is 0. The number of esters is 1. The number of nitrogens with zero attached hydrogens (tertiary/aromatic N) is 1. The molecule has 22 heavy (non-hydrogen) atoms. The summed E-state index contributed by atoms with van der Waals surface area (Å²) in [5.41, 5.74) is 1.07. The Labute approximate surface area is 133 Å². The molecule has 122 valence electrons. The third-order valence-corrected chi connectivity index (χ3v) is 3.73. The normalized spacial score (nSPS) is 13.5. The third-order valence-electron chi connectivity index (χ3n) is 3.73. The Morgan fingerprint density at radius 2 is 1.68 bits per heavy atom. The van der Waals surface area contributed by atoms with Crippen molar-refractivity contribution >= 4 is 11.9 Å². The molecule has 0 aromatic heterocycles. The molecule has 4 nitrogen and oxygen atoms in total. The highest BCUT2D eigenvalue weighted by Crippen LogP contribution is 2.23. The van der Waals surface area contributed by atoms with E-state index in [9.17, 15) is 9.59 Å². The van der Waals surface area contributed by atoms with Crippen LogP contribution in [0.5, 0.6) is 0 Å². The molecule has 1 aromatic rings. The lowest BCUT2D eigenvalue weighted by atomic mass is 10.0. The first-order chi connectivity index (χ1) is 10.4. The monoisotopic (exact) mass is 305 g/mol. The first-order valence-corrected chi connectivity index (χ1v) is 7.79. The molecule has 0 aliphatic rings. The zero-order valence-corrected chi connectivity index (χ0v) is 14.2. The van der Waals surface area contributed by atoms with E-state index in [1.165, 1.54) is 7.11 Å². The van der Waals surface area contributed by atoms with Crippen molar-refractivity contribution in [1.82, 2.24) is 4.90 Å². The lowest BCUT2D eigenvalue weighted by Crippen LogP contribution is -2.39. The van der Waals surface area contributed by atoms with Gasteiger partial charge in [-0.1, -0.05) is 51.1 Å². The highest BCUT2D eigenvalue weighted by molar-refractivity contribution is 5.78. The van der Waals surface area contributed by atoms with Crippen molar-refractivity contribution in [2.45, 2.75) is 40.2 Å². The Kier molecular flexibility index (Phi) is 7.09. The van der Waals surface area contributed by atoms with Gasteiger partial charge in [0.2, 0.25) is 5.91 Å². The van der Waals surface area contributed by atoms with E-state index in [1.807, 2.05) is 51.1 Å². The van der Waals surface area contributed by atoms with E-state index in [0.29, 0.717) is 13.0 Å². The van der Waals surface area contributed by atoms with Gasteiger partial charge in [-0.05, 0) is 18.4 Å². The second-order valence-corrected chi connectivity index (χ2v) is 6.15. The van der Waals surface area contributed by atoms with Gasteiger partial charge in [-0.25, -0.2) is 0 Å². The van der Waals surface area contributed by atoms with Crippen LogP contribution in [0.25, 0.3) is 0 Å². The van der Waals surface area contributed by atoms with Gasteiger partial charge in [-0.3, -0.25) is 9.59 Å². The van der Waals surface area contributed by atoms with Crippen LogP contribution in [0, 0.1) is 11.8 Å². The van der Waals surface area contributed by atoms with Crippen molar-refractivity contribution in [2.24, 2.45) is 11.8 Å². The minimum atomic E-state index is -0.340. The van der Waals surface area contributed by atoms with Crippen LogP contribution in [-0.4, -0.2) is 30.4 Å². The first-order valence-electron chi connectivity index (χ1n) is 7.79. The number of amides is 1. The Morgan fingerprint density at radius 1 is 1.09 bits per heavy atom. The largest absolute Gasteiger partial charge is 0.469 e. The van der Waals surface area contributed by atoms with Crippen LogP contribution >= 0.6 is 0 Å². The van der Waals surface area contributed by atoms with Crippen LogP contribution < -0.4 is 0 Å². The second kappa shape index (κ2) is 8.57. The van der Waals surface area contributed by atoms with Crippen molar-refractivity contribution in [1.29, 1.82) is 0 Å². The van der Waals surface area contributed by atoms with E-state index in [4.69, 9.17) is 4.74 Å². The smallest absolute Gasteiger partial charge is 0.310 e. The van der Waals surface area contributed by atoms with Gasteiger partial charge < -0.3 is 9.64 Å². The Balaban J connectivity index is 2.95. The molecule has 1 amide bonds. The van der Waals surface area contributed by atoms with Crippen LogP contribution in [0.1, 0.15) is 45.7 Å². The van der Waals surface area contributed by atoms with Gasteiger partial charge in [0.05, 0.1) is 19.1 Å². The molecule has 1 rings (SSSR count). The molecule has 0 heterocycles. The highest BCUT2D eigenvalue weighted by Gasteiger charge is 2.26. The van der Waals surface area contributed by atoms with Crippen molar-refractivity contribution in [2.75, 3.05) is 13.7 Å². The Morgan fingerprint density at radius 3 is 2.18 bits per heavy atom. The van der Waals surface area contributed by atoms with E-state index >= 15 is 0 Å². The molecule has 0 saturated heterocycles. The molecule has 0 fully saturated rings. The van der Waals surface area contributed by atoms with Crippen molar-refractivity contribution < 1.29 is 14.3 Å². The van der Waals surface area contributed by atoms with Crippen molar-refractivity contribution in [3.8, 4) is 0 Å². The molecule has 0 aliphatic carbocycles. The predicted octanol–water partition coefficient (Wildman–Crippen LogP) is 3.43. The predicted molar refractivity (Wildman–Crippen MR) is 87.2 cm³/mol. The van der Waals surface area contributed by atoms with Gasteiger partial charge in [-0.15, -0.1) is 0 Å². The maximum absolute atomic E-state index is 12.6. The van der Waals surface area contributed by atoms with Gasteiger partial charge in [0, 0.05) is 13.0 Å². The summed E-state index contributed by atoms with van der Waals surface area (Å²) in [6, 6.07) is 9.81. The molecule has 2 atom stereocenters. The van der Waals surface area contributed by atoms with Crippen LogP contribution in [-0.2, 0) is 14.3 Å². The molecule has 0 bridgehead atoms. The number of hydrogen-bond donors (Lipinski definition) is 0. The minimum absolute atomic E-state index is 0.0699. The highest BCUT2D eigenvalue weighted by atomic mass is 16.5. The van der Waals surface area contributed by atoms with Gasteiger partial charge in [0.1, 0.15) is 0 Å². The lowest BCUT2D eigenvalue weighted by molar-refractivity contribution is -0.147. The van der Waals surface area contributed by atoms with E-state index in [-0.39, 0.29) is 29.8 Å². The average Bonchev–Trinajstić information content (AvgIpc) is 2.50. The minimum Gasteiger partial charge on any atom is -0.469 e. The summed E-state index contributed by atoms with van der Waals surface area (Å²) in [4.78, 5) is 26.1. The molecule has 0 saturated carbocycles. The van der Waals surface area contributed by atoms with E-state index < -0.39 is 0 Å². The lowest BCUT2D eigenvalue weighted by Gasteiger charge is -2.32. The van der Waals surface area contributed by atoms with Crippen molar-refractivity contribution in [3.63, 3.8) is 0 Å². The first kappa shape index (κ1) is 18.2. The Hall–Kier alpha value is -1.84. The number of hydrogen-bond acceptors (Lipinski definition) is 3. The van der Waals surface area contributed by atoms with E-state index in [0.717, 1.165) is 5.56 Å². The summed E-state index contributed by atoms with van der Waals surface area (Å²) in [6.07, 6.45) is 0.477. The second-order valence-electron chi connectivity index (χ2n) is 6.15. The van der Waals surface area contributed by atoms with Crippen LogP contribution in [0.15, 0.2) is 30.3 Å². The van der Waals surface area contributed by atoms with Gasteiger partial charge in [-0.2, -0.15) is 0 Å². The number of rotatable bonds is 7. The summed E-state index contributed by atoms with van der Waals surface area (Å²) in [5.74, 6) is -0.275. The number of benzene rings is 1. The maximum atomic E-state index is 12.6. The fraction of sp³-hybridized carbons (Fsp3) is 0.556. The number of methoxy groups -OCH3 is 1. The standard InChI is InChI=1S/C18H27NO3/c1-13(2)11-17(20)19(12-14(3)18(21)22-5)15(4)16-9-7-6-8-10-16/h6-10,13-15H,11-12H2,1-5H3. The summed E-state index contributed by atoms with van der Waals surface area (Å²) in [6.45, 7) is 8.20. The van der Waals surface area contributed by atoms with Crippen LogP contribution in [0.2, 0.25) is 0 Å². The van der Waals surface area contributed by atoms with E-state index in [1.54, 1.807) is 11.8 Å². The van der Waals surface area contributed by atoms with Crippen LogP contribution in [0.3, 0.4) is 0 Å². The van der Waals surface area contributed by atoms with E-state index in [2.05, 4.69) is 0 Å². The molecule has 4 heteroatoms. The van der Waals surface area contributed by atoms with Crippen LogP contribution in [0.4, 0.5) is 0 Å². The summed E-state index contributed by atoms with van der Waals surface area (Å²) < 4.78 is 4.78. The Bertz CT molecular complexity index is 484.